The van der Waals surface area contributed by atoms with Crippen LogP contribution in [0, 0.1) is 13.8 Å². The Bertz CT molecular complexity index is 697. The Hall–Kier alpha value is -2.34. The maximum atomic E-state index is 12.3. The molecule has 3 N–H and O–H groups in total. The minimum absolute atomic E-state index is 0.0951. The molecule has 6 nitrogen and oxygen atoms in total. The zero-order valence-electron chi connectivity index (χ0n) is 14.6. The molecule has 0 spiro atoms. The number of urea groups is 1. The number of oxazole rings is 1. The summed E-state index contributed by atoms with van der Waals surface area (Å²) >= 11 is 0. The molecular formula is C18H25N3O3. The minimum Gasteiger partial charge on any atom is -0.444 e. The van der Waals surface area contributed by atoms with Crippen LogP contribution in [0.5, 0.6) is 0 Å². The van der Waals surface area contributed by atoms with Gasteiger partial charge in [-0.15, -0.1) is 0 Å². The van der Waals surface area contributed by atoms with E-state index in [4.69, 9.17) is 4.42 Å². The first-order valence-corrected chi connectivity index (χ1v) is 8.16. The van der Waals surface area contributed by atoms with Gasteiger partial charge in [0.1, 0.15) is 6.26 Å². The molecule has 0 fully saturated rings. The SMILES string of the molecule is CCC(CC)(CO)NC(=O)Nc1ccc(C)c(-c2nc(C)co2)c1. The van der Waals surface area contributed by atoms with Gasteiger partial charge in [-0.05, 0) is 44.4 Å². The van der Waals surface area contributed by atoms with Gasteiger partial charge in [-0.3, -0.25) is 0 Å². The number of amides is 2. The minimum atomic E-state index is -0.600. The molecule has 1 aromatic heterocycles. The number of nitrogens with zero attached hydrogens (tertiary/aromatic N) is 1. The van der Waals surface area contributed by atoms with Crippen LogP contribution in [0.2, 0.25) is 0 Å². The van der Waals surface area contributed by atoms with E-state index in [-0.39, 0.29) is 12.6 Å². The van der Waals surface area contributed by atoms with Crippen molar-refractivity contribution in [3.8, 4) is 11.5 Å². The smallest absolute Gasteiger partial charge is 0.319 e. The van der Waals surface area contributed by atoms with Crippen molar-refractivity contribution in [1.82, 2.24) is 10.3 Å². The van der Waals surface area contributed by atoms with Gasteiger partial charge in [-0.25, -0.2) is 9.78 Å². The highest BCUT2D eigenvalue weighted by Crippen LogP contribution is 2.26. The Balaban J connectivity index is 2.17. The van der Waals surface area contributed by atoms with Crippen LogP contribution in [0.15, 0.2) is 28.9 Å². The molecule has 1 heterocycles. The molecule has 0 bridgehead atoms. The first-order chi connectivity index (χ1) is 11.4. The van der Waals surface area contributed by atoms with Crippen LogP contribution in [0.4, 0.5) is 10.5 Å². The van der Waals surface area contributed by atoms with E-state index in [1.807, 2.05) is 45.9 Å². The summed E-state index contributed by atoms with van der Waals surface area (Å²) in [5, 5.41) is 15.2. The Morgan fingerprint density at radius 1 is 1.29 bits per heavy atom. The van der Waals surface area contributed by atoms with Gasteiger partial charge in [0.15, 0.2) is 0 Å². The second-order valence-corrected chi connectivity index (χ2v) is 6.05. The van der Waals surface area contributed by atoms with Gasteiger partial charge in [0.2, 0.25) is 5.89 Å². The lowest BCUT2D eigenvalue weighted by Crippen LogP contribution is -2.52. The number of aromatic nitrogens is 1. The molecule has 0 aliphatic rings. The molecule has 0 aliphatic carbocycles. The predicted octanol–water partition coefficient (Wildman–Crippen LogP) is 3.63. The molecular weight excluding hydrogens is 306 g/mol. The third-order valence-electron chi connectivity index (χ3n) is 4.38. The van der Waals surface area contributed by atoms with E-state index in [1.54, 1.807) is 6.26 Å². The normalized spacial score (nSPS) is 11.4. The average Bonchev–Trinajstić information content (AvgIpc) is 3.01. The number of carbonyl (C=O) groups excluding carboxylic acids is 1. The number of anilines is 1. The molecule has 2 aromatic rings. The van der Waals surface area contributed by atoms with Gasteiger partial charge in [-0.1, -0.05) is 19.9 Å². The highest BCUT2D eigenvalue weighted by atomic mass is 16.3. The second kappa shape index (κ2) is 7.49. The van der Waals surface area contributed by atoms with Gasteiger partial charge in [-0.2, -0.15) is 0 Å². The third-order valence-corrected chi connectivity index (χ3v) is 4.38. The number of carbonyl (C=O) groups is 1. The van der Waals surface area contributed by atoms with Crippen LogP contribution in [-0.2, 0) is 0 Å². The first-order valence-electron chi connectivity index (χ1n) is 8.16. The van der Waals surface area contributed by atoms with Crippen LogP contribution < -0.4 is 10.6 Å². The maximum absolute atomic E-state index is 12.3. The highest BCUT2D eigenvalue weighted by Gasteiger charge is 2.27. The molecule has 24 heavy (non-hydrogen) atoms. The number of aliphatic hydroxyl groups excluding tert-OH is 1. The number of hydrogen-bond donors (Lipinski definition) is 3. The number of nitrogens with one attached hydrogen (secondary N) is 2. The van der Waals surface area contributed by atoms with Crippen molar-refractivity contribution in [1.29, 1.82) is 0 Å². The first kappa shape index (κ1) is 18.0. The van der Waals surface area contributed by atoms with Crippen molar-refractivity contribution in [3.63, 3.8) is 0 Å². The third kappa shape index (κ3) is 3.94. The summed E-state index contributed by atoms with van der Waals surface area (Å²) in [6.45, 7) is 7.61. The van der Waals surface area contributed by atoms with Crippen molar-refractivity contribution < 1.29 is 14.3 Å². The largest absolute Gasteiger partial charge is 0.444 e. The summed E-state index contributed by atoms with van der Waals surface area (Å²) in [6.07, 6.45) is 2.91. The molecule has 0 saturated heterocycles. The quantitative estimate of drug-likeness (QED) is 0.754. The molecule has 0 unspecified atom stereocenters. The van der Waals surface area contributed by atoms with Gasteiger partial charge in [0.25, 0.3) is 0 Å². The zero-order chi connectivity index (χ0) is 17.7. The molecule has 0 saturated carbocycles. The fourth-order valence-corrected chi connectivity index (χ4v) is 2.50. The molecule has 0 radical (unpaired) electrons. The monoisotopic (exact) mass is 331 g/mol. The standard InChI is InChI=1S/C18H25N3O3/c1-5-18(6-2,11-22)21-17(23)20-14-8-7-12(3)15(9-14)16-19-13(4)10-24-16/h7-10,22H,5-6,11H2,1-4H3,(H2,20,21,23). The lowest BCUT2D eigenvalue weighted by molar-refractivity contribution is 0.155. The molecule has 130 valence electrons. The number of rotatable bonds is 6. The van der Waals surface area contributed by atoms with Gasteiger partial charge >= 0.3 is 6.03 Å². The van der Waals surface area contributed by atoms with E-state index in [0.29, 0.717) is 24.4 Å². The van der Waals surface area contributed by atoms with E-state index in [9.17, 15) is 9.90 Å². The van der Waals surface area contributed by atoms with Crippen LogP contribution in [0.3, 0.4) is 0 Å². The van der Waals surface area contributed by atoms with E-state index in [2.05, 4.69) is 15.6 Å². The summed E-state index contributed by atoms with van der Waals surface area (Å²) in [5.74, 6) is 0.529. The molecule has 0 aliphatic heterocycles. The summed E-state index contributed by atoms with van der Waals surface area (Å²) in [7, 11) is 0. The zero-order valence-corrected chi connectivity index (χ0v) is 14.6. The number of aliphatic hydroxyl groups is 1. The molecule has 1 aromatic carbocycles. The highest BCUT2D eigenvalue weighted by molar-refractivity contribution is 5.90. The van der Waals surface area contributed by atoms with Gasteiger partial charge in [0, 0.05) is 11.3 Å². The van der Waals surface area contributed by atoms with Crippen LogP contribution in [-0.4, -0.2) is 28.3 Å². The van der Waals surface area contributed by atoms with E-state index < -0.39 is 5.54 Å². The fourth-order valence-electron chi connectivity index (χ4n) is 2.50. The Labute approximate surface area is 142 Å². The Kier molecular flexibility index (Phi) is 5.62. The Morgan fingerprint density at radius 3 is 2.54 bits per heavy atom. The molecule has 2 rings (SSSR count). The van der Waals surface area contributed by atoms with Crippen molar-refractivity contribution in [2.45, 2.75) is 46.1 Å². The van der Waals surface area contributed by atoms with Crippen LogP contribution in [0.1, 0.15) is 37.9 Å². The maximum Gasteiger partial charge on any atom is 0.319 e. The van der Waals surface area contributed by atoms with Gasteiger partial charge < -0.3 is 20.2 Å². The molecule has 6 heteroatoms. The van der Waals surface area contributed by atoms with E-state index >= 15 is 0 Å². The average molecular weight is 331 g/mol. The summed E-state index contributed by atoms with van der Waals surface area (Å²) in [6, 6.07) is 5.22. The second-order valence-electron chi connectivity index (χ2n) is 6.05. The number of hydrogen-bond acceptors (Lipinski definition) is 4. The Morgan fingerprint density at radius 2 is 2.00 bits per heavy atom. The fraction of sp³-hybridized carbons (Fsp3) is 0.444. The van der Waals surface area contributed by atoms with Crippen LogP contribution >= 0.6 is 0 Å². The van der Waals surface area contributed by atoms with E-state index in [0.717, 1.165) is 16.8 Å². The van der Waals surface area contributed by atoms with Crippen molar-refractivity contribution >= 4 is 11.7 Å². The van der Waals surface area contributed by atoms with Crippen molar-refractivity contribution in [2.75, 3.05) is 11.9 Å². The van der Waals surface area contributed by atoms with E-state index in [1.165, 1.54) is 0 Å². The lowest BCUT2D eigenvalue weighted by atomic mass is 9.94. The summed E-state index contributed by atoms with van der Waals surface area (Å²) < 4.78 is 5.45. The predicted molar refractivity (Wildman–Crippen MR) is 94.0 cm³/mol. The van der Waals surface area contributed by atoms with Gasteiger partial charge in [0.05, 0.1) is 17.8 Å². The number of aryl methyl sites for hydroxylation is 2. The lowest BCUT2D eigenvalue weighted by Gasteiger charge is -2.30. The van der Waals surface area contributed by atoms with Crippen LogP contribution in [0.25, 0.3) is 11.5 Å². The van der Waals surface area contributed by atoms with Crippen molar-refractivity contribution in [3.05, 3.63) is 35.7 Å². The summed E-state index contributed by atoms with van der Waals surface area (Å²) in [4.78, 5) is 16.6. The topological polar surface area (TPSA) is 87.4 Å². The number of benzene rings is 1. The summed E-state index contributed by atoms with van der Waals surface area (Å²) in [5.41, 5.74) is 2.69. The molecule has 2 amide bonds. The molecule has 0 atom stereocenters. The van der Waals surface area contributed by atoms with Crippen molar-refractivity contribution in [2.24, 2.45) is 0 Å².